The fourth-order valence-electron chi connectivity index (χ4n) is 13.4. The van der Waals surface area contributed by atoms with Crippen LogP contribution in [0.25, 0.3) is 0 Å². The monoisotopic (exact) mass is 2200 g/mol. The third-order valence-corrected chi connectivity index (χ3v) is 44.1. The molecule has 10 aromatic rings. The van der Waals surface area contributed by atoms with Gasteiger partial charge in [-0.25, -0.2) is 13.2 Å². The molecule has 5 aliphatic rings. The normalized spacial score (nSPS) is 32.4. The lowest BCUT2D eigenvalue weighted by atomic mass is 10.1. The number of hydrogen-bond acceptors (Lipinski definition) is 36. The number of aliphatic hydroxyl groups is 5. The van der Waals surface area contributed by atoms with E-state index >= 15 is 0 Å². The Hall–Kier alpha value is -8.65. The Balaban J connectivity index is 0.000000171. The number of esters is 3. The Kier molecular flexibility index (Phi) is 36.6. The predicted molar refractivity (Wildman–Crippen MR) is 490 cm³/mol. The van der Waals surface area contributed by atoms with Gasteiger partial charge >= 0.3 is 93.9 Å². The zero-order valence-electron chi connectivity index (χ0n) is 75.4. The zero-order chi connectivity index (χ0) is 105. The number of aryl methyl sites for hydroxylation is 2. The van der Waals surface area contributed by atoms with Gasteiger partial charge in [0.1, 0.15) is 34.7 Å². The van der Waals surface area contributed by atoms with Crippen LogP contribution in [0.2, 0.25) is 0 Å². The van der Waals surface area contributed by atoms with Crippen LogP contribution in [-0.2, 0) is 137 Å². The summed E-state index contributed by atoms with van der Waals surface area (Å²) in [6.45, 7) is 10.0. The molecule has 0 radical (unpaired) electrons. The van der Waals surface area contributed by atoms with Crippen molar-refractivity contribution in [3.8, 4) is 17.2 Å². The van der Waals surface area contributed by atoms with Gasteiger partial charge in [0.15, 0.2) is 0 Å². The van der Waals surface area contributed by atoms with Gasteiger partial charge in [-0.1, -0.05) is 112 Å². The molecule has 15 N–H and O–H groups in total. The summed E-state index contributed by atoms with van der Waals surface area (Å²) >= 11 is 0. The molecule has 10 atom stereocenters. The molecule has 15 rings (SSSR count). The summed E-state index contributed by atoms with van der Waals surface area (Å²) in [5.41, 5.74) is 1.05. The van der Waals surface area contributed by atoms with Crippen LogP contribution in [0, 0.1) is 37.2 Å². The van der Waals surface area contributed by atoms with E-state index in [1.807, 2.05) is 6.92 Å². The Morgan fingerprint density at radius 2 is 0.629 bits per heavy atom. The standard InChI is InChI=1S/C18H20FNO9P2.2C18H21NO9P2.2C15H16FNO7P2/c1-11(2)16(21)27-13-5-6-14(15(19)8-13)17-28-30(23,24)18(22,31(25,26)29-17)9-12-4-3-7-20-10-12;1-2-5-16(20)26-15-8-3-7-14(10-15)17-27-29(22,23)18(21,30(24,25)28-17)11-13-6-4-9-19-12-13;1-2-6-16(20)26-15-9-4-3-8-14(15)17-27-29(22,23)18(21,30(24,25)28-17)11-13-7-5-10-19-12-13;1-10-4-5-13(16)12(7-10)14-23-25(19,20)15(18,26(21,22)24-14)8-11-3-2-6-17-9-11;1-10-4-5-12(13(16)7-10)14-23-25(19,20)15(18,26(21,22)24-14)8-11-3-2-6-17-9-11/h3-8,10-11,17,22H,9H2,1-2H3,(H,23,24)(H,25,26);3-4,6-10,12,17,21H,2,5,11H2,1H3,(H,22,23)(H,24,25);3-5,7-10,12,17,21H,2,6,11H2,1H3,(H,22,23)(H,24,25);2*2-7,9,14,18H,8H2,1H3,(H,19,20)(H,21,22). The number of rotatable bonds is 23. The number of hydrogen-bond donors (Lipinski definition) is 15. The number of aromatic nitrogens is 5. The maximum absolute atomic E-state index is 14.6. The molecule has 0 aliphatic carbocycles. The number of para-hydroxylation sites is 1. The Morgan fingerprint density at radius 1 is 0.329 bits per heavy atom. The Bertz CT molecular complexity index is 6680. The van der Waals surface area contributed by atoms with Gasteiger partial charge in [0.25, 0.3) is 25.4 Å². The van der Waals surface area contributed by atoms with Gasteiger partial charge in [-0.15, -0.1) is 0 Å². The van der Waals surface area contributed by atoms with E-state index < -0.39 is 212 Å². The first-order chi connectivity index (χ1) is 66.6. The van der Waals surface area contributed by atoms with Crippen molar-refractivity contribution in [2.24, 2.45) is 5.92 Å². The second-order valence-electron chi connectivity index (χ2n) is 32.3. The van der Waals surface area contributed by atoms with Crippen LogP contribution in [0.1, 0.15) is 152 Å². The van der Waals surface area contributed by atoms with E-state index in [0.717, 1.165) is 30.3 Å². The lowest BCUT2D eigenvalue weighted by Crippen LogP contribution is -2.38. The van der Waals surface area contributed by atoms with Gasteiger partial charge in [0.05, 0.1) is 11.5 Å². The summed E-state index contributed by atoms with van der Waals surface area (Å²) in [6, 6.07) is 36.5. The van der Waals surface area contributed by atoms with Crippen LogP contribution in [-0.4, -0.2) is 143 Å². The number of nitrogens with zero attached hydrogens (tertiary/aromatic N) is 5. The van der Waals surface area contributed by atoms with Crippen molar-refractivity contribution >= 4 is 93.9 Å². The molecule has 10 unspecified atom stereocenters. The average molecular weight is 2200 g/mol. The molecule has 10 heterocycles. The molecule has 5 fully saturated rings. The topological polar surface area (TPSA) is 710 Å². The molecule has 59 heteroatoms. The van der Waals surface area contributed by atoms with Crippen LogP contribution in [0.3, 0.4) is 0 Å². The van der Waals surface area contributed by atoms with Crippen LogP contribution in [0.4, 0.5) is 13.2 Å². The molecule has 0 bridgehead atoms. The molecule has 5 aliphatic heterocycles. The van der Waals surface area contributed by atoms with Crippen molar-refractivity contribution < 1.29 is 207 Å². The summed E-state index contributed by atoms with van der Waals surface area (Å²) in [5, 5.41) is 37.6. The van der Waals surface area contributed by atoms with Gasteiger partial charge in [-0.05, 0) is 139 Å². The van der Waals surface area contributed by atoms with Crippen molar-refractivity contribution in [3.05, 3.63) is 310 Å². The van der Waals surface area contributed by atoms with Crippen molar-refractivity contribution in [1.82, 2.24) is 24.9 Å². The molecule has 0 spiro atoms. The second-order valence-corrected chi connectivity index (χ2v) is 54.0. The first-order valence-electron chi connectivity index (χ1n) is 42.0. The van der Waals surface area contributed by atoms with E-state index in [1.54, 1.807) is 34.6 Å². The SMILES string of the molecule is CC(C)C(=O)Oc1ccc(C2OP(=O)(O)C(O)(Cc3cccnc3)P(=O)(O)O2)c(F)c1.CCCC(=O)Oc1cccc(C2OP(=O)(O)C(O)(Cc3cccnc3)P(=O)(O)O2)c1.CCCC(=O)Oc1ccccc1C1OP(=O)(O)C(O)(Cc2cccnc2)P(=O)(O)O1.Cc1ccc(C2OP(=O)(O)C(O)(Cc3cccnc3)P(=O)(O)O2)c(F)c1.Cc1ccc(F)c(C2OP(=O)(O)C(O)(Cc3cccnc3)P(=O)(O)O2)c1. The number of carbonyl (C=O) groups excluding carboxylic acids is 3. The summed E-state index contributed by atoms with van der Waals surface area (Å²) in [6.07, 6.45) is 1.77. The van der Waals surface area contributed by atoms with Gasteiger partial charge in [-0.2, -0.15) is 0 Å². The minimum Gasteiger partial charge on any atom is -0.427 e. The molecule has 5 aromatic heterocycles. The highest BCUT2D eigenvalue weighted by molar-refractivity contribution is 7.75. The number of benzene rings is 5. The first kappa shape index (κ1) is 115. The minimum absolute atomic E-state index is 0.0473. The van der Waals surface area contributed by atoms with Crippen LogP contribution < -0.4 is 14.2 Å². The van der Waals surface area contributed by atoms with Gasteiger partial charge in [0.2, 0.25) is 31.5 Å². The van der Waals surface area contributed by atoms with Crippen LogP contribution in [0.15, 0.2) is 226 Å². The highest BCUT2D eigenvalue weighted by atomic mass is 31.3. The molecular weight excluding hydrogens is 2100 g/mol. The third kappa shape index (κ3) is 25.8. The largest absolute Gasteiger partial charge is 0.427 e. The van der Waals surface area contributed by atoms with Crippen molar-refractivity contribution in [2.45, 2.75) is 156 Å². The van der Waals surface area contributed by atoms with Crippen molar-refractivity contribution in [3.63, 3.8) is 0 Å². The van der Waals surface area contributed by atoms with E-state index in [2.05, 4.69) is 24.9 Å². The maximum atomic E-state index is 14.6. The second kappa shape index (κ2) is 45.6. The van der Waals surface area contributed by atoms with Crippen LogP contribution in [0.5, 0.6) is 17.2 Å². The fraction of sp³-hybridized carbons (Fsp3) is 0.310. The lowest BCUT2D eigenvalue weighted by molar-refractivity contribution is -0.138. The van der Waals surface area contributed by atoms with Gasteiger partial charge in [-0.3, -0.25) is 130 Å². The quantitative estimate of drug-likeness (QED) is 0.0161. The van der Waals surface area contributed by atoms with Crippen molar-refractivity contribution in [1.29, 1.82) is 0 Å². The highest BCUT2D eigenvalue weighted by Gasteiger charge is 2.72. The zero-order valence-corrected chi connectivity index (χ0v) is 84.3. The van der Waals surface area contributed by atoms with E-state index in [9.17, 15) is 148 Å². The van der Waals surface area contributed by atoms with E-state index in [4.69, 9.17) is 59.4 Å². The van der Waals surface area contributed by atoms with E-state index in [-0.39, 0.29) is 80.2 Å². The van der Waals surface area contributed by atoms with Crippen molar-refractivity contribution in [2.75, 3.05) is 0 Å². The van der Waals surface area contributed by atoms with E-state index in [1.165, 1.54) is 195 Å². The van der Waals surface area contributed by atoms with Crippen LogP contribution >= 0.6 is 76.0 Å². The average Bonchev–Trinajstić information content (AvgIpc) is 0.739. The molecule has 5 aromatic carbocycles. The number of carbonyl (C=O) groups is 3. The number of pyridine rings is 5. The van der Waals surface area contributed by atoms with Gasteiger partial charge < -0.3 is 88.7 Å². The summed E-state index contributed by atoms with van der Waals surface area (Å²) in [5.74, 6) is -5.00. The molecule has 46 nitrogen and oxygen atoms in total. The lowest BCUT2D eigenvalue weighted by Gasteiger charge is -2.41. The summed E-state index contributed by atoms with van der Waals surface area (Å²) in [4.78, 5) is 157. The van der Waals surface area contributed by atoms with Gasteiger partial charge in [0, 0.05) is 135 Å². The molecule has 143 heavy (non-hydrogen) atoms. The third-order valence-electron chi connectivity index (χ3n) is 21.1. The smallest absolute Gasteiger partial charge is 0.374 e. The highest BCUT2D eigenvalue weighted by Crippen LogP contribution is 2.84. The molecular formula is C84H94F3N5O41P10. The molecule has 772 valence electrons. The fourth-order valence-corrected chi connectivity index (χ4v) is 31.2. The summed E-state index contributed by atoms with van der Waals surface area (Å²) < 4.78 is 235. The predicted octanol–water partition coefficient (Wildman–Crippen LogP) is 14.9. The number of ether oxygens (including phenoxy) is 3. The molecule has 5 saturated heterocycles. The first-order valence-corrected chi connectivity index (χ1v) is 57.8. The molecule has 0 amide bonds. The Morgan fingerprint density at radius 3 is 0.958 bits per heavy atom. The minimum atomic E-state index is -5.25. The summed E-state index contributed by atoms with van der Waals surface area (Å²) in [7, 11) is -51.5. The maximum Gasteiger partial charge on any atom is 0.374 e. The molecule has 0 saturated carbocycles. The Labute approximate surface area is 811 Å². The number of halogens is 3. The van der Waals surface area contributed by atoms with E-state index in [0.29, 0.717) is 24.0 Å².